The normalized spacial score (nSPS) is 10.4. The van der Waals surface area contributed by atoms with E-state index in [1.807, 2.05) is 0 Å². The van der Waals surface area contributed by atoms with Gasteiger partial charge in [0.25, 0.3) is 0 Å². The fraction of sp³-hybridized carbons (Fsp3) is 0.348. The Morgan fingerprint density at radius 3 is 1.41 bits per heavy atom. The molecule has 0 bridgehead atoms. The van der Waals surface area contributed by atoms with Gasteiger partial charge in [0.05, 0.1) is 35.0 Å². The van der Waals surface area contributed by atoms with Gasteiger partial charge in [0.2, 0.25) is 0 Å². The van der Waals surface area contributed by atoms with Crippen LogP contribution in [0.5, 0.6) is 23.0 Å². The average molecular weight is 462 g/mol. The highest BCUT2D eigenvalue weighted by atomic mass is 31.1. The lowest BCUT2D eigenvalue weighted by Gasteiger charge is -2.20. The average Bonchev–Trinajstić information content (AvgIpc) is 2.81. The standard InChI is InChI=1S/C23H27O8P/c1-15(24)31-13-8-14-32(22(25)20-16(27-2)9-6-10-17(20)28-3)23(26)21-18(29-4)11-7-12-19(21)30-5/h6-7,9-12H,8,13-14H2,1-5H3. The summed E-state index contributed by atoms with van der Waals surface area (Å²) in [7, 11) is 3.83. The van der Waals surface area contributed by atoms with E-state index in [2.05, 4.69) is 0 Å². The monoisotopic (exact) mass is 462 g/mol. The Morgan fingerprint density at radius 1 is 0.719 bits per heavy atom. The second kappa shape index (κ2) is 12.1. The predicted molar refractivity (Wildman–Crippen MR) is 121 cm³/mol. The molecule has 0 aliphatic rings. The molecule has 0 spiro atoms. The van der Waals surface area contributed by atoms with Crippen molar-refractivity contribution >= 4 is 24.9 Å². The third kappa shape index (κ3) is 5.77. The maximum atomic E-state index is 13.7. The number of methoxy groups -OCH3 is 4. The minimum atomic E-state index is -1.94. The molecule has 2 rings (SSSR count). The molecule has 172 valence electrons. The van der Waals surface area contributed by atoms with E-state index in [0.717, 1.165) is 0 Å². The maximum Gasteiger partial charge on any atom is 0.302 e. The van der Waals surface area contributed by atoms with Crippen LogP contribution in [0.2, 0.25) is 0 Å². The first kappa shape index (κ1) is 25.1. The van der Waals surface area contributed by atoms with Crippen molar-refractivity contribution in [1.29, 1.82) is 0 Å². The number of carbonyl (C=O) groups is 3. The van der Waals surface area contributed by atoms with E-state index in [1.165, 1.54) is 35.4 Å². The molecule has 0 saturated carbocycles. The molecule has 0 N–H and O–H groups in total. The van der Waals surface area contributed by atoms with Crippen LogP contribution in [0.15, 0.2) is 36.4 Å². The van der Waals surface area contributed by atoms with Crippen molar-refractivity contribution in [3.63, 3.8) is 0 Å². The zero-order valence-corrected chi connectivity index (χ0v) is 19.7. The van der Waals surface area contributed by atoms with E-state index in [9.17, 15) is 14.4 Å². The van der Waals surface area contributed by atoms with Crippen LogP contribution < -0.4 is 18.9 Å². The Labute approximate surface area is 188 Å². The summed E-state index contributed by atoms with van der Waals surface area (Å²) in [6.45, 7) is 1.40. The van der Waals surface area contributed by atoms with Gasteiger partial charge in [0.15, 0.2) is 11.0 Å². The lowest BCUT2D eigenvalue weighted by Crippen LogP contribution is -2.14. The molecule has 0 fully saturated rings. The van der Waals surface area contributed by atoms with E-state index in [4.69, 9.17) is 23.7 Å². The first-order valence-corrected chi connectivity index (χ1v) is 11.3. The molecule has 0 atom stereocenters. The van der Waals surface area contributed by atoms with Gasteiger partial charge in [0, 0.05) is 14.8 Å². The SMILES string of the molecule is COc1cccc(OC)c1C(=O)P(CCCOC(C)=O)C(=O)c1c(OC)cccc1OC. The van der Waals surface area contributed by atoms with Crippen LogP contribution in [0, 0.1) is 0 Å². The lowest BCUT2D eigenvalue weighted by atomic mass is 10.2. The van der Waals surface area contributed by atoms with Gasteiger partial charge in [-0.15, -0.1) is 0 Å². The number of benzene rings is 2. The van der Waals surface area contributed by atoms with Crippen molar-refractivity contribution < 1.29 is 38.1 Å². The number of rotatable bonds is 12. The van der Waals surface area contributed by atoms with Crippen LogP contribution in [0.25, 0.3) is 0 Å². The summed E-state index contributed by atoms with van der Waals surface area (Å²) in [5, 5.41) is 0. The minimum Gasteiger partial charge on any atom is -0.496 e. The molecule has 2 aromatic rings. The van der Waals surface area contributed by atoms with E-state index < -0.39 is 24.9 Å². The third-order valence-electron chi connectivity index (χ3n) is 4.61. The van der Waals surface area contributed by atoms with Crippen LogP contribution in [0.4, 0.5) is 0 Å². The number of esters is 1. The quantitative estimate of drug-likeness (QED) is 0.264. The summed E-state index contributed by atoms with van der Waals surface area (Å²) >= 11 is 0. The molecule has 0 aromatic heterocycles. The van der Waals surface area contributed by atoms with Crippen LogP contribution in [-0.2, 0) is 9.53 Å². The Bertz CT molecular complexity index is 860. The Morgan fingerprint density at radius 2 is 1.09 bits per heavy atom. The lowest BCUT2D eigenvalue weighted by molar-refractivity contribution is -0.140. The molecular formula is C23H27O8P. The van der Waals surface area contributed by atoms with Gasteiger partial charge in [-0.3, -0.25) is 14.4 Å². The van der Waals surface area contributed by atoms with Crippen LogP contribution in [0.1, 0.15) is 34.1 Å². The van der Waals surface area contributed by atoms with E-state index in [-0.39, 0.29) is 23.9 Å². The van der Waals surface area contributed by atoms with Crippen molar-refractivity contribution in [3.8, 4) is 23.0 Å². The van der Waals surface area contributed by atoms with Crippen LogP contribution in [-0.4, -0.2) is 58.2 Å². The first-order chi connectivity index (χ1) is 15.4. The molecule has 0 aliphatic heterocycles. The number of ether oxygens (including phenoxy) is 5. The van der Waals surface area contributed by atoms with E-state index in [0.29, 0.717) is 29.4 Å². The summed E-state index contributed by atoms with van der Waals surface area (Å²) in [5.74, 6) is 0.802. The van der Waals surface area contributed by atoms with Crippen molar-refractivity contribution in [2.24, 2.45) is 0 Å². The number of carbonyl (C=O) groups excluding carboxylic acids is 3. The maximum absolute atomic E-state index is 13.7. The third-order valence-corrected chi connectivity index (χ3v) is 6.80. The van der Waals surface area contributed by atoms with Gasteiger partial charge in [-0.2, -0.15) is 0 Å². The van der Waals surface area contributed by atoms with E-state index >= 15 is 0 Å². The highest BCUT2D eigenvalue weighted by Crippen LogP contribution is 2.50. The minimum absolute atomic E-state index is 0.0981. The summed E-state index contributed by atoms with van der Waals surface area (Å²) in [6.07, 6.45) is 0.528. The Kier molecular flexibility index (Phi) is 9.47. The van der Waals surface area contributed by atoms with Crippen molar-refractivity contribution in [3.05, 3.63) is 47.5 Å². The molecule has 0 amide bonds. The highest BCUT2D eigenvalue weighted by Gasteiger charge is 2.35. The van der Waals surface area contributed by atoms with Crippen LogP contribution >= 0.6 is 7.92 Å². The molecule has 32 heavy (non-hydrogen) atoms. The molecule has 8 nitrogen and oxygen atoms in total. The van der Waals surface area contributed by atoms with Crippen LogP contribution in [0.3, 0.4) is 0 Å². The summed E-state index contributed by atoms with van der Waals surface area (Å²) < 4.78 is 26.5. The fourth-order valence-electron chi connectivity index (χ4n) is 3.13. The van der Waals surface area contributed by atoms with Gasteiger partial charge in [-0.1, -0.05) is 12.1 Å². The fourth-order valence-corrected chi connectivity index (χ4v) is 5.14. The van der Waals surface area contributed by atoms with Gasteiger partial charge in [-0.25, -0.2) is 0 Å². The molecule has 2 aromatic carbocycles. The zero-order valence-electron chi connectivity index (χ0n) is 18.8. The number of hydrogen-bond donors (Lipinski definition) is 0. The molecule has 0 heterocycles. The molecule has 0 saturated heterocycles. The van der Waals surface area contributed by atoms with Crippen molar-refractivity contribution in [2.75, 3.05) is 41.2 Å². The summed E-state index contributed by atoms with van der Waals surface area (Å²) in [6, 6.07) is 9.93. The molecule has 0 aliphatic carbocycles. The molecule has 0 unspecified atom stereocenters. The van der Waals surface area contributed by atoms with Gasteiger partial charge >= 0.3 is 5.97 Å². The van der Waals surface area contributed by atoms with Crippen molar-refractivity contribution in [2.45, 2.75) is 13.3 Å². The molecule has 9 heteroatoms. The number of hydrogen-bond acceptors (Lipinski definition) is 8. The van der Waals surface area contributed by atoms with Gasteiger partial charge in [-0.05, 0) is 36.8 Å². The zero-order chi connectivity index (χ0) is 23.7. The van der Waals surface area contributed by atoms with Crippen molar-refractivity contribution in [1.82, 2.24) is 0 Å². The Balaban J connectivity index is 2.54. The molecule has 0 radical (unpaired) electrons. The van der Waals surface area contributed by atoms with Gasteiger partial charge < -0.3 is 23.7 Å². The first-order valence-electron chi connectivity index (χ1n) is 9.81. The summed E-state index contributed by atoms with van der Waals surface area (Å²) in [4.78, 5) is 38.5. The second-order valence-electron chi connectivity index (χ2n) is 6.53. The Hall–Kier alpha value is -3.12. The largest absolute Gasteiger partial charge is 0.496 e. The molecular weight excluding hydrogens is 435 g/mol. The van der Waals surface area contributed by atoms with E-state index in [1.54, 1.807) is 36.4 Å². The second-order valence-corrected chi connectivity index (χ2v) is 8.65. The summed E-state index contributed by atoms with van der Waals surface area (Å²) in [5.41, 5.74) is -0.429. The smallest absolute Gasteiger partial charge is 0.302 e. The van der Waals surface area contributed by atoms with Gasteiger partial charge in [0.1, 0.15) is 34.1 Å². The topological polar surface area (TPSA) is 97.4 Å². The predicted octanol–water partition coefficient (Wildman–Crippen LogP) is 4.14. The highest BCUT2D eigenvalue weighted by molar-refractivity contribution is 7.90.